The lowest BCUT2D eigenvalue weighted by atomic mass is 9.93. The smallest absolute Gasteiger partial charge is 0.316 e. The summed E-state index contributed by atoms with van der Waals surface area (Å²) in [5.74, 6) is 1.24. The number of rotatable bonds is 7. The highest BCUT2D eigenvalue weighted by Crippen LogP contribution is 2.49. The molecule has 1 saturated carbocycles. The van der Waals surface area contributed by atoms with Crippen molar-refractivity contribution in [1.82, 2.24) is 5.16 Å². The topological polar surface area (TPSA) is 61.6 Å². The Kier molecular flexibility index (Phi) is 5.14. The number of aromatic nitrogens is 1. The first kappa shape index (κ1) is 19.2. The van der Waals surface area contributed by atoms with Gasteiger partial charge in [0.1, 0.15) is 5.69 Å². The van der Waals surface area contributed by atoms with Crippen molar-refractivity contribution in [3.63, 3.8) is 0 Å². The minimum absolute atomic E-state index is 0.107. The maximum atomic E-state index is 12.3. The fourth-order valence-electron chi connectivity index (χ4n) is 3.66. The maximum absolute atomic E-state index is 12.3. The lowest BCUT2D eigenvalue weighted by Crippen LogP contribution is -2.23. The molecule has 5 nitrogen and oxygen atoms in total. The second kappa shape index (κ2) is 7.74. The van der Waals surface area contributed by atoms with Crippen molar-refractivity contribution in [3.8, 4) is 28.2 Å². The van der Waals surface area contributed by atoms with Crippen LogP contribution in [-0.4, -0.2) is 24.3 Å². The number of esters is 1. The first-order valence-electron chi connectivity index (χ1n) is 10.1. The molecule has 0 aliphatic heterocycles. The Labute approximate surface area is 170 Å². The number of aryl methyl sites for hydroxylation is 1. The van der Waals surface area contributed by atoms with Gasteiger partial charge in [0, 0.05) is 5.56 Å². The minimum atomic E-state index is -0.432. The van der Waals surface area contributed by atoms with Crippen LogP contribution in [0.3, 0.4) is 0 Å². The quantitative estimate of drug-likeness (QED) is 0.511. The van der Waals surface area contributed by atoms with Crippen molar-refractivity contribution in [3.05, 3.63) is 59.8 Å². The van der Waals surface area contributed by atoms with Gasteiger partial charge in [-0.1, -0.05) is 53.7 Å². The van der Waals surface area contributed by atoms with Crippen LogP contribution in [0.5, 0.6) is 5.75 Å². The minimum Gasteiger partial charge on any atom is -0.488 e. The van der Waals surface area contributed by atoms with Crippen LogP contribution in [0, 0.1) is 6.92 Å². The molecule has 1 aromatic heterocycles. The van der Waals surface area contributed by atoms with Gasteiger partial charge in [0.05, 0.1) is 18.6 Å². The van der Waals surface area contributed by atoms with Gasteiger partial charge in [0.2, 0.25) is 5.76 Å². The summed E-state index contributed by atoms with van der Waals surface area (Å²) in [6.07, 6.45) is 1.72. The number of ether oxygens (including phenoxy) is 2. The third kappa shape index (κ3) is 3.53. The van der Waals surface area contributed by atoms with E-state index in [0.717, 1.165) is 40.8 Å². The molecule has 1 aliphatic rings. The number of hydrogen-bond acceptors (Lipinski definition) is 5. The van der Waals surface area contributed by atoms with Gasteiger partial charge >= 0.3 is 5.97 Å². The second-order valence-corrected chi connectivity index (χ2v) is 7.32. The molecular weight excluding hydrogens is 366 g/mol. The number of nitrogens with zero attached hydrogens (tertiary/aromatic N) is 1. The maximum Gasteiger partial charge on any atom is 0.316 e. The van der Waals surface area contributed by atoms with Crippen LogP contribution in [-0.2, 0) is 14.9 Å². The first-order chi connectivity index (χ1) is 14.1. The van der Waals surface area contributed by atoms with Gasteiger partial charge in [-0.15, -0.1) is 0 Å². The molecule has 2 aromatic carbocycles. The van der Waals surface area contributed by atoms with Crippen LogP contribution in [0.15, 0.2) is 53.1 Å². The Bertz CT molecular complexity index is 998. The summed E-state index contributed by atoms with van der Waals surface area (Å²) in [6, 6.07) is 16.3. The van der Waals surface area contributed by atoms with E-state index >= 15 is 0 Å². The summed E-state index contributed by atoms with van der Waals surface area (Å²) in [7, 11) is 0. The van der Waals surface area contributed by atoms with Crippen LogP contribution in [0.1, 0.15) is 37.9 Å². The van der Waals surface area contributed by atoms with E-state index in [4.69, 9.17) is 14.0 Å². The van der Waals surface area contributed by atoms with E-state index in [2.05, 4.69) is 29.4 Å². The molecule has 5 heteroatoms. The Morgan fingerprint density at radius 1 is 0.966 bits per heavy atom. The van der Waals surface area contributed by atoms with E-state index < -0.39 is 5.41 Å². The molecule has 1 heterocycles. The Balaban J connectivity index is 1.55. The number of benzene rings is 2. The largest absolute Gasteiger partial charge is 0.488 e. The molecule has 0 N–H and O–H groups in total. The SMILES string of the molecule is CCOC(=O)C1(c2ccc(-c3ccc(-c4onc(C)c4OCC)cc3)cc2)CC1. The van der Waals surface area contributed by atoms with Crippen molar-refractivity contribution in [2.75, 3.05) is 13.2 Å². The molecule has 0 spiro atoms. The Hall–Kier alpha value is -3.08. The number of carbonyl (C=O) groups excluding carboxylic acids is 1. The summed E-state index contributed by atoms with van der Waals surface area (Å²) < 4.78 is 16.4. The molecule has 0 saturated heterocycles. The Morgan fingerprint density at radius 3 is 2.10 bits per heavy atom. The highest BCUT2D eigenvalue weighted by molar-refractivity contribution is 5.87. The van der Waals surface area contributed by atoms with Gasteiger partial charge in [0.25, 0.3) is 0 Å². The van der Waals surface area contributed by atoms with E-state index in [1.54, 1.807) is 0 Å². The molecule has 0 atom stereocenters. The van der Waals surface area contributed by atoms with E-state index in [1.807, 2.05) is 45.0 Å². The average Bonchev–Trinajstić information content (AvgIpc) is 3.49. The molecule has 3 aromatic rings. The third-order valence-corrected chi connectivity index (χ3v) is 5.43. The zero-order chi connectivity index (χ0) is 20.4. The van der Waals surface area contributed by atoms with Gasteiger partial charge < -0.3 is 14.0 Å². The summed E-state index contributed by atoms with van der Waals surface area (Å²) in [5, 5.41) is 4.02. The monoisotopic (exact) mass is 391 g/mol. The normalized spacial score (nSPS) is 14.4. The van der Waals surface area contributed by atoms with Gasteiger partial charge in [0.15, 0.2) is 5.75 Å². The van der Waals surface area contributed by atoms with Crippen molar-refractivity contribution >= 4 is 5.97 Å². The van der Waals surface area contributed by atoms with Crippen molar-refractivity contribution in [2.45, 2.75) is 39.0 Å². The van der Waals surface area contributed by atoms with Gasteiger partial charge in [-0.2, -0.15) is 0 Å². The summed E-state index contributed by atoms with van der Waals surface area (Å²) in [5.41, 5.74) is 4.47. The summed E-state index contributed by atoms with van der Waals surface area (Å²) in [4.78, 5) is 12.3. The van der Waals surface area contributed by atoms with Crippen molar-refractivity contribution in [1.29, 1.82) is 0 Å². The van der Waals surface area contributed by atoms with E-state index in [-0.39, 0.29) is 5.97 Å². The van der Waals surface area contributed by atoms with Crippen molar-refractivity contribution < 1.29 is 18.8 Å². The number of carbonyl (C=O) groups is 1. The van der Waals surface area contributed by atoms with Crippen molar-refractivity contribution in [2.24, 2.45) is 0 Å². The van der Waals surface area contributed by atoms with E-state index in [0.29, 0.717) is 24.7 Å². The molecular formula is C24H25NO4. The predicted molar refractivity (Wildman–Crippen MR) is 111 cm³/mol. The van der Waals surface area contributed by atoms with Crippen LogP contribution in [0.25, 0.3) is 22.5 Å². The molecule has 0 unspecified atom stereocenters. The lowest BCUT2D eigenvalue weighted by molar-refractivity contribution is -0.146. The van der Waals surface area contributed by atoms with Crippen LogP contribution < -0.4 is 4.74 Å². The summed E-state index contributed by atoms with van der Waals surface area (Å²) >= 11 is 0. The molecule has 0 radical (unpaired) electrons. The first-order valence-corrected chi connectivity index (χ1v) is 10.1. The lowest BCUT2D eigenvalue weighted by Gasteiger charge is -2.14. The summed E-state index contributed by atoms with van der Waals surface area (Å²) in [6.45, 7) is 6.64. The van der Waals surface area contributed by atoms with Crippen LogP contribution in [0.4, 0.5) is 0 Å². The number of hydrogen-bond donors (Lipinski definition) is 0. The fourth-order valence-corrected chi connectivity index (χ4v) is 3.66. The highest BCUT2D eigenvalue weighted by Gasteiger charge is 2.52. The fraction of sp³-hybridized carbons (Fsp3) is 0.333. The van der Waals surface area contributed by atoms with Crippen LogP contribution >= 0.6 is 0 Å². The zero-order valence-corrected chi connectivity index (χ0v) is 17.0. The van der Waals surface area contributed by atoms with E-state index in [1.165, 1.54) is 0 Å². The third-order valence-electron chi connectivity index (χ3n) is 5.43. The van der Waals surface area contributed by atoms with E-state index in [9.17, 15) is 4.79 Å². The molecule has 0 amide bonds. The van der Waals surface area contributed by atoms with Gasteiger partial charge in [-0.05, 0) is 50.3 Å². The molecule has 1 aliphatic carbocycles. The Morgan fingerprint density at radius 2 is 1.55 bits per heavy atom. The van der Waals surface area contributed by atoms with Gasteiger partial charge in [-0.25, -0.2) is 0 Å². The molecule has 1 fully saturated rings. The molecule has 29 heavy (non-hydrogen) atoms. The predicted octanol–water partition coefficient (Wildman–Crippen LogP) is 5.31. The highest BCUT2D eigenvalue weighted by atomic mass is 16.5. The standard InChI is InChI=1S/C24H25NO4/c1-4-27-21-16(3)25-29-22(21)19-8-6-17(7-9-19)18-10-12-20(13-11-18)24(14-15-24)23(26)28-5-2/h6-13H,4-5,14-15H2,1-3H3. The van der Waals surface area contributed by atoms with Gasteiger partial charge in [-0.3, -0.25) is 4.79 Å². The zero-order valence-electron chi connectivity index (χ0n) is 17.0. The molecule has 0 bridgehead atoms. The molecule has 4 rings (SSSR count). The van der Waals surface area contributed by atoms with Crippen LogP contribution in [0.2, 0.25) is 0 Å². The molecule has 150 valence electrons. The average molecular weight is 391 g/mol. The second-order valence-electron chi connectivity index (χ2n) is 7.32.